The van der Waals surface area contributed by atoms with Crippen molar-refractivity contribution in [3.05, 3.63) is 50.8 Å². The molecule has 1 aromatic heterocycles. The number of carbonyl (C=O) groups excluding carboxylic acids is 1. The summed E-state index contributed by atoms with van der Waals surface area (Å²) < 4.78 is 0. The van der Waals surface area contributed by atoms with E-state index in [0.29, 0.717) is 37.3 Å². The van der Waals surface area contributed by atoms with Crippen molar-refractivity contribution in [2.45, 2.75) is 20.8 Å². The maximum Gasteiger partial charge on any atom is 0.273 e. The number of nitro groups is 1. The van der Waals surface area contributed by atoms with Crippen LogP contribution in [0.3, 0.4) is 0 Å². The zero-order valence-electron chi connectivity index (χ0n) is 14.6. The first-order chi connectivity index (χ1) is 11.9. The Balaban J connectivity index is 1.74. The summed E-state index contributed by atoms with van der Waals surface area (Å²) in [5.74, 6) is -0.151. The minimum Gasteiger partial charge on any atom is -0.365 e. The molecule has 8 nitrogen and oxygen atoms in total. The van der Waals surface area contributed by atoms with Crippen molar-refractivity contribution in [1.29, 1.82) is 0 Å². The molecule has 1 aliphatic rings. The average molecular weight is 343 g/mol. The van der Waals surface area contributed by atoms with Crippen LogP contribution in [0.4, 0.5) is 11.4 Å². The topological polar surface area (TPSA) is 95.4 Å². The smallest absolute Gasteiger partial charge is 0.273 e. The molecule has 0 radical (unpaired) electrons. The Bertz CT molecular complexity index is 802. The van der Waals surface area contributed by atoms with Crippen LogP contribution >= 0.6 is 0 Å². The predicted octanol–water partition coefficient (Wildman–Crippen LogP) is 2.21. The number of rotatable bonds is 3. The number of piperazine rings is 1. The van der Waals surface area contributed by atoms with E-state index in [9.17, 15) is 14.9 Å². The summed E-state index contributed by atoms with van der Waals surface area (Å²) in [4.78, 5) is 27.4. The van der Waals surface area contributed by atoms with E-state index in [0.717, 1.165) is 17.1 Å². The summed E-state index contributed by atoms with van der Waals surface area (Å²) in [6, 6.07) is 4.64. The Labute approximate surface area is 145 Å². The second-order valence-corrected chi connectivity index (χ2v) is 6.27. The van der Waals surface area contributed by atoms with Crippen LogP contribution in [0.25, 0.3) is 0 Å². The lowest BCUT2D eigenvalue weighted by molar-refractivity contribution is -0.385. The number of anilines is 1. The highest BCUT2D eigenvalue weighted by Crippen LogP contribution is 2.25. The van der Waals surface area contributed by atoms with Crippen molar-refractivity contribution in [2.24, 2.45) is 0 Å². The molecule has 1 N–H and O–H groups in total. The minimum atomic E-state index is -0.450. The SMILES string of the molecule is Cc1n[nH]c(C)c1N1CCN(C(=O)c2cccc([N+](=O)[O-])c2C)CC1. The Hall–Kier alpha value is -2.90. The van der Waals surface area contributed by atoms with Gasteiger partial charge in [-0.3, -0.25) is 20.0 Å². The van der Waals surface area contributed by atoms with Crippen molar-refractivity contribution in [3.8, 4) is 0 Å². The van der Waals surface area contributed by atoms with Crippen molar-refractivity contribution in [3.63, 3.8) is 0 Å². The van der Waals surface area contributed by atoms with Gasteiger partial charge in [0.1, 0.15) is 0 Å². The molecule has 2 heterocycles. The third-order valence-electron chi connectivity index (χ3n) is 4.70. The molecule has 0 spiro atoms. The zero-order chi connectivity index (χ0) is 18.1. The van der Waals surface area contributed by atoms with Gasteiger partial charge in [-0.15, -0.1) is 0 Å². The molecule has 132 valence electrons. The second-order valence-electron chi connectivity index (χ2n) is 6.27. The number of nitro benzene ring substituents is 1. The van der Waals surface area contributed by atoms with Gasteiger partial charge in [-0.25, -0.2) is 0 Å². The van der Waals surface area contributed by atoms with Crippen LogP contribution in [0.2, 0.25) is 0 Å². The molecule has 1 saturated heterocycles. The number of hydrogen-bond acceptors (Lipinski definition) is 5. The molecule has 0 saturated carbocycles. The van der Waals surface area contributed by atoms with E-state index in [1.54, 1.807) is 24.0 Å². The number of benzene rings is 1. The summed E-state index contributed by atoms with van der Waals surface area (Å²) in [5, 5.41) is 18.3. The van der Waals surface area contributed by atoms with Crippen LogP contribution in [0, 0.1) is 30.9 Å². The highest BCUT2D eigenvalue weighted by Gasteiger charge is 2.27. The lowest BCUT2D eigenvalue weighted by Gasteiger charge is -2.36. The van der Waals surface area contributed by atoms with Gasteiger partial charge in [0.05, 0.1) is 22.0 Å². The monoisotopic (exact) mass is 343 g/mol. The first-order valence-electron chi connectivity index (χ1n) is 8.20. The number of H-pyrrole nitrogens is 1. The molecule has 0 atom stereocenters. The molecule has 25 heavy (non-hydrogen) atoms. The highest BCUT2D eigenvalue weighted by atomic mass is 16.6. The number of nitrogens with zero attached hydrogens (tertiary/aromatic N) is 4. The fourth-order valence-corrected chi connectivity index (χ4v) is 3.37. The van der Waals surface area contributed by atoms with Crippen LogP contribution in [0.1, 0.15) is 27.3 Å². The summed E-state index contributed by atoms with van der Waals surface area (Å²) in [7, 11) is 0. The number of nitrogens with one attached hydrogen (secondary N) is 1. The fraction of sp³-hybridized carbons (Fsp3) is 0.412. The predicted molar refractivity (Wildman–Crippen MR) is 94.0 cm³/mol. The third-order valence-corrected chi connectivity index (χ3v) is 4.70. The Morgan fingerprint density at radius 2 is 1.88 bits per heavy atom. The van der Waals surface area contributed by atoms with E-state index >= 15 is 0 Å². The number of aromatic amines is 1. The Kier molecular flexibility index (Phi) is 4.43. The first-order valence-corrected chi connectivity index (χ1v) is 8.20. The maximum atomic E-state index is 12.8. The van der Waals surface area contributed by atoms with Gasteiger partial charge in [0.2, 0.25) is 0 Å². The quantitative estimate of drug-likeness (QED) is 0.681. The van der Waals surface area contributed by atoms with Crippen molar-refractivity contribution in [2.75, 3.05) is 31.1 Å². The molecule has 2 aromatic rings. The van der Waals surface area contributed by atoms with E-state index in [2.05, 4.69) is 15.1 Å². The number of hydrogen-bond donors (Lipinski definition) is 1. The van der Waals surface area contributed by atoms with E-state index in [-0.39, 0.29) is 11.6 Å². The number of aryl methyl sites for hydroxylation is 2. The van der Waals surface area contributed by atoms with Gasteiger partial charge in [-0.05, 0) is 26.8 Å². The van der Waals surface area contributed by atoms with Gasteiger partial charge in [-0.2, -0.15) is 5.10 Å². The lowest BCUT2D eigenvalue weighted by Crippen LogP contribution is -2.49. The number of amides is 1. The van der Waals surface area contributed by atoms with Crippen LogP contribution in [-0.4, -0.2) is 52.1 Å². The van der Waals surface area contributed by atoms with E-state index < -0.39 is 4.92 Å². The molecule has 1 aromatic carbocycles. The van der Waals surface area contributed by atoms with Crippen molar-refractivity contribution < 1.29 is 9.72 Å². The highest BCUT2D eigenvalue weighted by molar-refractivity contribution is 5.96. The Morgan fingerprint density at radius 1 is 1.20 bits per heavy atom. The molecule has 8 heteroatoms. The summed E-state index contributed by atoms with van der Waals surface area (Å²) in [6.45, 7) is 8.14. The van der Waals surface area contributed by atoms with Crippen molar-refractivity contribution in [1.82, 2.24) is 15.1 Å². The van der Waals surface area contributed by atoms with Gasteiger partial charge < -0.3 is 9.80 Å². The summed E-state index contributed by atoms with van der Waals surface area (Å²) in [5.41, 5.74) is 3.87. The van der Waals surface area contributed by atoms with Crippen LogP contribution in [0.5, 0.6) is 0 Å². The van der Waals surface area contributed by atoms with Gasteiger partial charge in [0, 0.05) is 43.4 Å². The van der Waals surface area contributed by atoms with E-state index in [1.165, 1.54) is 6.07 Å². The fourth-order valence-electron chi connectivity index (χ4n) is 3.37. The molecule has 1 fully saturated rings. The molecule has 0 bridgehead atoms. The molecular weight excluding hydrogens is 322 g/mol. The first kappa shape index (κ1) is 16.9. The van der Waals surface area contributed by atoms with Gasteiger partial charge in [-0.1, -0.05) is 6.07 Å². The number of carbonyl (C=O) groups is 1. The van der Waals surface area contributed by atoms with Gasteiger partial charge in [0.15, 0.2) is 0 Å². The van der Waals surface area contributed by atoms with Gasteiger partial charge in [0.25, 0.3) is 11.6 Å². The standard InChI is InChI=1S/C17H21N5O3/c1-11-14(5-4-6-15(11)22(24)25)17(23)21-9-7-20(8-10-21)16-12(2)18-19-13(16)3/h4-6H,7-10H2,1-3H3,(H,18,19). The largest absolute Gasteiger partial charge is 0.365 e. The normalized spacial score (nSPS) is 14.7. The van der Waals surface area contributed by atoms with Crippen LogP contribution in [0.15, 0.2) is 18.2 Å². The molecule has 0 aliphatic carbocycles. The van der Waals surface area contributed by atoms with E-state index in [4.69, 9.17) is 0 Å². The minimum absolute atomic E-state index is 0.0193. The molecular formula is C17H21N5O3. The molecule has 3 rings (SSSR count). The zero-order valence-corrected chi connectivity index (χ0v) is 14.6. The second kappa shape index (κ2) is 6.54. The van der Waals surface area contributed by atoms with Gasteiger partial charge >= 0.3 is 0 Å². The molecule has 1 aliphatic heterocycles. The number of aromatic nitrogens is 2. The average Bonchev–Trinajstić information content (AvgIpc) is 2.93. The summed E-state index contributed by atoms with van der Waals surface area (Å²) in [6.07, 6.45) is 0. The van der Waals surface area contributed by atoms with Crippen molar-refractivity contribution >= 4 is 17.3 Å². The Morgan fingerprint density at radius 3 is 2.44 bits per heavy atom. The van der Waals surface area contributed by atoms with E-state index in [1.807, 2.05) is 13.8 Å². The molecule has 1 amide bonds. The summed E-state index contributed by atoms with van der Waals surface area (Å²) >= 11 is 0. The lowest BCUT2D eigenvalue weighted by atomic mass is 10.1. The maximum absolute atomic E-state index is 12.8. The van der Waals surface area contributed by atoms with Crippen LogP contribution in [-0.2, 0) is 0 Å². The molecule has 0 unspecified atom stereocenters. The van der Waals surface area contributed by atoms with Crippen LogP contribution < -0.4 is 4.90 Å². The third kappa shape index (κ3) is 3.07.